The molecule has 0 unspecified atom stereocenters. The number of nitrogens with zero attached hydrogens (tertiary/aromatic N) is 1. The quantitative estimate of drug-likeness (QED) is 0.358. The third-order valence-electron chi connectivity index (χ3n) is 6.33. The van der Waals surface area contributed by atoms with E-state index in [4.69, 9.17) is 15.2 Å². The average molecular weight is 476 g/mol. The lowest BCUT2D eigenvalue weighted by atomic mass is 9.94. The molecular formula is C27H29N3O3S. The molecule has 3 N–H and O–H groups in total. The zero-order valence-corrected chi connectivity index (χ0v) is 20.0. The standard InChI is InChI=1S/C27H29N3O3S/c1-30-24-13-14-34-26(24)16-25(30)27(31)29-20-4-2-3-18(15-20)17-32-21-9-11-23(12-10-21)33-22-7-5-19(28)6-8-22/h2-4,9-16,19,22H,5-8,17,28H2,1H3,(H,29,31)/t19-,22-. The van der Waals surface area contributed by atoms with E-state index in [9.17, 15) is 4.79 Å². The fourth-order valence-electron chi connectivity index (χ4n) is 4.38. The van der Waals surface area contributed by atoms with Crippen molar-refractivity contribution in [2.24, 2.45) is 12.8 Å². The minimum absolute atomic E-state index is 0.125. The molecule has 0 aliphatic heterocycles. The molecule has 2 heterocycles. The van der Waals surface area contributed by atoms with Gasteiger partial charge in [0.15, 0.2) is 0 Å². The predicted molar refractivity (Wildman–Crippen MR) is 137 cm³/mol. The number of aromatic nitrogens is 1. The van der Waals surface area contributed by atoms with Gasteiger partial charge in [-0.05, 0) is 85.2 Å². The van der Waals surface area contributed by atoms with E-state index in [0.29, 0.717) is 18.3 Å². The van der Waals surface area contributed by atoms with E-state index in [1.807, 2.05) is 77.7 Å². The monoisotopic (exact) mass is 475 g/mol. The fraction of sp³-hybridized carbons (Fsp3) is 0.296. The summed E-state index contributed by atoms with van der Waals surface area (Å²) in [6.07, 6.45) is 4.31. The highest BCUT2D eigenvalue weighted by atomic mass is 32.1. The van der Waals surface area contributed by atoms with Crippen molar-refractivity contribution in [1.29, 1.82) is 0 Å². The van der Waals surface area contributed by atoms with Crippen LogP contribution in [0.2, 0.25) is 0 Å². The summed E-state index contributed by atoms with van der Waals surface area (Å²) in [7, 11) is 1.91. The number of aryl methyl sites for hydroxylation is 1. The molecule has 0 radical (unpaired) electrons. The van der Waals surface area contributed by atoms with Crippen LogP contribution in [0.1, 0.15) is 41.7 Å². The average Bonchev–Trinajstić information content (AvgIpc) is 3.43. The van der Waals surface area contributed by atoms with Crippen molar-refractivity contribution in [2.45, 2.75) is 44.4 Å². The predicted octanol–water partition coefficient (Wildman–Crippen LogP) is 5.72. The molecule has 34 heavy (non-hydrogen) atoms. The molecule has 1 aliphatic carbocycles. The van der Waals surface area contributed by atoms with Gasteiger partial charge in [0.1, 0.15) is 23.8 Å². The van der Waals surface area contributed by atoms with E-state index < -0.39 is 0 Å². The van der Waals surface area contributed by atoms with Crippen molar-refractivity contribution in [3.05, 3.63) is 77.3 Å². The smallest absolute Gasteiger partial charge is 0.272 e. The number of carbonyl (C=O) groups excluding carboxylic acids is 1. The van der Waals surface area contributed by atoms with E-state index in [2.05, 4.69) is 5.32 Å². The van der Waals surface area contributed by atoms with Gasteiger partial charge in [0.2, 0.25) is 0 Å². The summed E-state index contributed by atoms with van der Waals surface area (Å²) in [4.78, 5) is 12.8. The molecule has 0 atom stereocenters. The topological polar surface area (TPSA) is 78.5 Å². The molecular weight excluding hydrogens is 446 g/mol. The molecule has 2 aromatic heterocycles. The van der Waals surface area contributed by atoms with Gasteiger partial charge >= 0.3 is 0 Å². The number of fused-ring (bicyclic) bond motifs is 1. The Morgan fingerprint density at radius 1 is 1.06 bits per heavy atom. The molecule has 0 saturated heterocycles. The number of hydrogen-bond donors (Lipinski definition) is 2. The Labute approximate surface area is 203 Å². The summed E-state index contributed by atoms with van der Waals surface area (Å²) in [6, 6.07) is 19.8. The first-order valence-electron chi connectivity index (χ1n) is 11.6. The third kappa shape index (κ3) is 5.11. The molecule has 6 nitrogen and oxygen atoms in total. The second-order valence-electron chi connectivity index (χ2n) is 8.83. The lowest BCUT2D eigenvalue weighted by Gasteiger charge is -2.26. The number of carbonyl (C=O) groups is 1. The summed E-state index contributed by atoms with van der Waals surface area (Å²) in [5.74, 6) is 1.51. The number of thiophene rings is 1. The van der Waals surface area contributed by atoms with Crippen LogP contribution in [-0.2, 0) is 13.7 Å². The molecule has 7 heteroatoms. The lowest BCUT2D eigenvalue weighted by Crippen LogP contribution is -2.31. The largest absolute Gasteiger partial charge is 0.490 e. The summed E-state index contributed by atoms with van der Waals surface area (Å²) in [5.41, 5.74) is 9.40. The van der Waals surface area contributed by atoms with Crippen LogP contribution >= 0.6 is 11.3 Å². The van der Waals surface area contributed by atoms with Gasteiger partial charge in [-0.3, -0.25) is 4.79 Å². The Hall–Kier alpha value is -3.29. The maximum atomic E-state index is 12.8. The highest BCUT2D eigenvalue weighted by Crippen LogP contribution is 2.26. The van der Waals surface area contributed by atoms with Crippen molar-refractivity contribution in [1.82, 2.24) is 4.57 Å². The van der Waals surface area contributed by atoms with Crippen LogP contribution in [0, 0.1) is 0 Å². The van der Waals surface area contributed by atoms with Gasteiger partial charge in [0.25, 0.3) is 5.91 Å². The Morgan fingerprint density at radius 2 is 1.82 bits per heavy atom. The lowest BCUT2D eigenvalue weighted by molar-refractivity contribution is 0.101. The number of benzene rings is 2. The van der Waals surface area contributed by atoms with Crippen LogP contribution in [0.15, 0.2) is 66.0 Å². The van der Waals surface area contributed by atoms with Crippen LogP contribution in [-0.4, -0.2) is 22.6 Å². The third-order valence-corrected chi connectivity index (χ3v) is 7.19. The molecule has 1 saturated carbocycles. The molecule has 4 aromatic rings. The zero-order chi connectivity index (χ0) is 23.5. The summed E-state index contributed by atoms with van der Waals surface area (Å²) in [6.45, 7) is 0.407. The molecule has 0 bridgehead atoms. The fourth-order valence-corrected chi connectivity index (χ4v) is 5.23. The molecule has 1 amide bonds. The maximum Gasteiger partial charge on any atom is 0.272 e. The molecule has 5 rings (SSSR count). The normalized spacial score (nSPS) is 18.1. The van der Waals surface area contributed by atoms with Gasteiger partial charge in [-0.2, -0.15) is 0 Å². The van der Waals surface area contributed by atoms with Crippen LogP contribution in [0.3, 0.4) is 0 Å². The Balaban J connectivity index is 1.16. The highest BCUT2D eigenvalue weighted by molar-refractivity contribution is 7.17. The van der Waals surface area contributed by atoms with Gasteiger partial charge in [-0.25, -0.2) is 0 Å². The van der Waals surface area contributed by atoms with E-state index >= 15 is 0 Å². The second kappa shape index (κ2) is 9.91. The van der Waals surface area contributed by atoms with Gasteiger partial charge in [-0.15, -0.1) is 11.3 Å². The second-order valence-corrected chi connectivity index (χ2v) is 9.78. The summed E-state index contributed by atoms with van der Waals surface area (Å²) in [5, 5.41) is 5.03. The number of hydrogen-bond acceptors (Lipinski definition) is 5. The van der Waals surface area contributed by atoms with Gasteiger partial charge in [-0.1, -0.05) is 12.1 Å². The molecule has 1 aliphatic rings. The first kappa shape index (κ1) is 22.5. The first-order valence-corrected chi connectivity index (χ1v) is 12.5. The maximum absolute atomic E-state index is 12.8. The number of nitrogens with one attached hydrogen (secondary N) is 1. The first-order chi connectivity index (χ1) is 16.5. The number of amides is 1. The Bertz CT molecular complexity index is 1270. The van der Waals surface area contributed by atoms with Crippen molar-refractivity contribution in [3.8, 4) is 11.5 Å². The molecule has 1 fully saturated rings. The van der Waals surface area contributed by atoms with E-state index in [1.165, 1.54) is 0 Å². The van der Waals surface area contributed by atoms with Gasteiger partial charge in [0, 0.05) is 18.8 Å². The van der Waals surface area contributed by atoms with Crippen molar-refractivity contribution in [2.75, 3.05) is 5.32 Å². The minimum atomic E-state index is -0.125. The Kier molecular flexibility index (Phi) is 6.56. The summed E-state index contributed by atoms with van der Waals surface area (Å²) < 4.78 is 15.1. The van der Waals surface area contributed by atoms with E-state index in [0.717, 1.165) is 58.6 Å². The minimum Gasteiger partial charge on any atom is -0.490 e. The van der Waals surface area contributed by atoms with Crippen LogP contribution in [0.5, 0.6) is 11.5 Å². The van der Waals surface area contributed by atoms with Crippen LogP contribution in [0.25, 0.3) is 10.2 Å². The van der Waals surface area contributed by atoms with Crippen molar-refractivity contribution < 1.29 is 14.3 Å². The molecule has 0 spiro atoms. The number of nitrogens with two attached hydrogens (primary N) is 1. The molecule has 2 aromatic carbocycles. The van der Waals surface area contributed by atoms with Crippen molar-refractivity contribution in [3.63, 3.8) is 0 Å². The molecule has 176 valence electrons. The van der Waals surface area contributed by atoms with Gasteiger partial charge in [0.05, 0.1) is 16.3 Å². The zero-order valence-electron chi connectivity index (χ0n) is 19.2. The SMILES string of the molecule is Cn1c(C(=O)Nc2cccc(COc3ccc(O[C@H]4CC[C@H](N)CC4)cc3)c2)cc2sccc21. The number of rotatable bonds is 7. The van der Waals surface area contributed by atoms with Crippen molar-refractivity contribution >= 4 is 33.1 Å². The van der Waals surface area contributed by atoms with Gasteiger partial charge < -0.3 is 25.1 Å². The van der Waals surface area contributed by atoms with E-state index in [1.54, 1.807) is 11.3 Å². The number of anilines is 1. The van der Waals surface area contributed by atoms with Crippen LogP contribution < -0.4 is 20.5 Å². The highest BCUT2D eigenvalue weighted by Gasteiger charge is 2.19. The Morgan fingerprint density at radius 3 is 2.59 bits per heavy atom. The summed E-state index contributed by atoms with van der Waals surface area (Å²) >= 11 is 1.63. The van der Waals surface area contributed by atoms with E-state index in [-0.39, 0.29) is 12.0 Å². The van der Waals surface area contributed by atoms with Crippen LogP contribution in [0.4, 0.5) is 5.69 Å². The number of ether oxygens (including phenoxy) is 2.